The number of benzene rings is 1. The van der Waals surface area contributed by atoms with Gasteiger partial charge in [0, 0.05) is 25.0 Å². The zero-order chi connectivity index (χ0) is 15.2. The van der Waals surface area contributed by atoms with E-state index in [9.17, 15) is 0 Å². The summed E-state index contributed by atoms with van der Waals surface area (Å²) < 4.78 is 0. The Morgan fingerprint density at radius 2 is 1.60 bits per heavy atom. The van der Waals surface area contributed by atoms with Crippen LogP contribution in [0.3, 0.4) is 0 Å². The van der Waals surface area contributed by atoms with Crippen LogP contribution in [0.2, 0.25) is 0 Å². The summed E-state index contributed by atoms with van der Waals surface area (Å²) in [5.41, 5.74) is 1.91. The molecule has 0 spiro atoms. The Bertz CT molecular complexity index is 380. The standard InChI is InChI=1S/C18H32N2/c1-7-19-13-18(5,16-11-9-8-10-12-16)15-20(6)14-17(2,3)4/h8-12,19H,7,13-15H2,1-6H3. The molecule has 1 unspecified atom stereocenters. The molecule has 0 amide bonds. The van der Waals surface area contributed by atoms with Crippen molar-refractivity contribution in [2.45, 2.75) is 40.0 Å². The van der Waals surface area contributed by atoms with Gasteiger partial charge in [0.25, 0.3) is 0 Å². The maximum Gasteiger partial charge on any atom is 0.0176 e. The average Bonchev–Trinajstić information content (AvgIpc) is 2.35. The molecule has 0 radical (unpaired) electrons. The number of hydrogen-bond donors (Lipinski definition) is 1. The topological polar surface area (TPSA) is 15.3 Å². The maximum absolute atomic E-state index is 3.53. The molecule has 1 rings (SSSR count). The van der Waals surface area contributed by atoms with Crippen molar-refractivity contribution in [2.24, 2.45) is 5.41 Å². The molecule has 0 aliphatic heterocycles. The molecule has 20 heavy (non-hydrogen) atoms. The number of hydrogen-bond acceptors (Lipinski definition) is 2. The molecule has 2 nitrogen and oxygen atoms in total. The zero-order valence-corrected chi connectivity index (χ0v) is 14.2. The van der Waals surface area contributed by atoms with Gasteiger partial charge in [-0.05, 0) is 24.6 Å². The van der Waals surface area contributed by atoms with Crippen LogP contribution in [0, 0.1) is 5.41 Å². The van der Waals surface area contributed by atoms with Crippen LogP contribution < -0.4 is 5.32 Å². The minimum absolute atomic E-state index is 0.150. The minimum Gasteiger partial charge on any atom is -0.316 e. The highest BCUT2D eigenvalue weighted by molar-refractivity contribution is 5.25. The summed E-state index contributed by atoms with van der Waals surface area (Å²) in [7, 11) is 2.23. The van der Waals surface area contributed by atoms with Crippen molar-refractivity contribution in [3.8, 4) is 0 Å². The summed E-state index contributed by atoms with van der Waals surface area (Å²) >= 11 is 0. The van der Waals surface area contributed by atoms with Crippen molar-refractivity contribution in [1.82, 2.24) is 10.2 Å². The molecule has 0 aliphatic carbocycles. The SMILES string of the molecule is CCNCC(C)(CN(C)CC(C)(C)C)c1ccccc1. The Labute approximate surface area is 125 Å². The number of rotatable bonds is 7. The molecule has 0 bridgehead atoms. The first-order chi connectivity index (χ1) is 9.27. The van der Waals surface area contributed by atoms with Crippen LogP contribution in [0.15, 0.2) is 30.3 Å². The van der Waals surface area contributed by atoms with Crippen LogP contribution >= 0.6 is 0 Å². The molecule has 0 saturated heterocycles. The van der Waals surface area contributed by atoms with Crippen LogP contribution in [0.5, 0.6) is 0 Å². The lowest BCUT2D eigenvalue weighted by Crippen LogP contribution is -2.46. The number of likely N-dealkylation sites (N-methyl/N-ethyl adjacent to an activating group) is 2. The summed E-state index contributed by atoms with van der Waals surface area (Å²) in [6.07, 6.45) is 0. The van der Waals surface area contributed by atoms with E-state index in [0.29, 0.717) is 5.41 Å². The molecule has 0 fully saturated rings. The van der Waals surface area contributed by atoms with E-state index >= 15 is 0 Å². The van der Waals surface area contributed by atoms with E-state index in [1.807, 2.05) is 0 Å². The predicted molar refractivity (Wildman–Crippen MR) is 89.3 cm³/mol. The summed E-state index contributed by atoms with van der Waals surface area (Å²) in [6.45, 7) is 15.7. The van der Waals surface area contributed by atoms with Crippen LogP contribution in [0.4, 0.5) is 0 Å². The second-order valence-corrected chi connectivity index (χ2v) is 7.44. The van der Waals surface area contributed by atoms with Crippen molar-refractivity contribution in [3.63, 3.8) is 0 Å². The largest absolute Gasteiger partial charge is 0.316 e. The van der Waals surface area contributed by atoms with E-state index in [4.69, 9.17) is 0 Å². The summed E-state index contributed by atoms with van der Waals surface area (Å²) in [4.78, 5) is 2.46. The van der Waals surface area contributed by atoms with Crippen molar-refractivity contribution in [1.29, 1.82) is 0 Å². The van der Waals surface area contributed by atoms with Crippen LogP contribution in [0.25, 0.3) is 0 Å². The van der Waals surface area contributed by atoms with Crippen molar-refractivity contribution >= 4 is 0 Å². The van der Waals surface area contributed by atoms with E-state index in [1.165, 1.54) is 5.56 Å². The van der Waals surface area contributed by atoms with Gasteiger partial charge in [-0.1, -0.05) is 65.0 Å². The first-order valence-corrected chi connectivity index (χ1v) is 7.72. The summed E-state index contributed by atoms with van der Waals surface area (Å²) in [5, 5.41) is 3.53. The molecule has 0 saturated carbocycles. The quantitative estimate of drug-likeness (QED) is 0.819. The molecule has 1 N–H and O–H groups in total. The van der Waals surface area contributed by atoms with Gasteiger partial charge < -0.3 is 10.2 Å². The van der Waals surface area contributed by atoms with Crippen LogP contribution in [0.1, 0.15) is 40.2 Å². The molecule has 114 valence electrons. The number of nitrogens with zero attached hydrogens (tertiary/aromatic N) is 1. The fourth-order valence-corrected chi connectivity index (χ4v) is 2.95. The van der Waals surface area contributed by atoms with Gasteiger partial charge in [-0.2, -0.15) is 0 Å². The van der Waals surface area contributed by atoms with E-state index in [1.54, 1.807) is 0 Å². The van der Waals surface area contributed by atoms with E-state index in [2.05, 4.69) is 82.2 Å². The lowest BCUT2D eigenvalue weighted by atomic mass is 9.81. The van der Waals surface area contributed by atoms with Crippen molar-refractivity contribution < 1.29 is 0 Å². The maximum atomic E-state index is 3.53. The molecular formula is C18H32N2. The summed E-state index contributed by atoms with van der Waals surface area (Å²) in [5.74, 6) is 0. The van der Waals surface area contributed by atoms with Gasteiger partial charge in [0.05, 0.1) is 0 Å². The second kappa shape index (κ2) is 7.24. The van der Waals surface area contributed by atoms with Crippen LogP contribution in [-0.2, 0) is 5.41 Å². The molecule has 0 aliphatic rings. The third-order valence-corrected chi connectivity index (χ3v) is 3.60. The normalized spacial score (nSPS) is 15.3. The number of nitrogens with one attached hydrogen (secondary N) is 1. The highest BCUT2D eigenvalue weighted by Crippen LogP contribution is 2.25. The minimum atomic E-state index is 0.150. The highest BCUT2D eigenvalue weighted by Gasteiger charge is 2.28. The fourth-order valence-electron chi connectivity index (χ4n) is 2.95. The Balaban J connectivity index is 2.84. The van der Waals surface area contributed by atoms with Crippen molar-refractivity contribution in [2.75, 3.05) is 33.2 Å². The molecule has 2 heteroatoms. The monoisotopic (exact) mass is 276 g/mol. The molecular weight excluding hydrogens is 244 g/mol. The smallest absolute Gasteiger partial charge is 0.0176 e. The van der Waals surface area contributed by atoms with Gasteiger partial charge in [-0.3, -0.25) is 0 Å². The van der Waals surface area contributed by atoms with Gasteiger partial charge >= 0.3 is 0 Å². The molecule has 1 atom stereocenters. The highest BCUT2D eigenvalue weighted by atomic mass is 15.1. The molecule has 0 aromatic heterocycles. The van der Waals surface area contributed by atoms with Gasteiger partial charge in [-0.25, -0.2) is 0 Å². The lowest BCUT2D eigenvalue weighted by molar-refractivity contribution is 0.186. The molecule has 0 heterocycles. The first kappa shape index (κ1) is 17.2. The van der Waals surface area contributed by atoms with Gasteiger partial charge in [-0.15, -0.1) is 0 Å². The third kappa shape index (κ3) is 5.64. The first-order valence-electron chi connectivity index (χ1n) is 7.72. The Hall–Kier alpha value is -0.860. The van der Waals surface area contributed by atoms with E-state index in [-0.39, 0.29) is 5.41 Å². The second-order valence-electron chi connectivity index (χ2n) is 7.44. The lowest BCUT2D eigenvalue weighted by Gasteiger charge is -2.37. The van der Waals surface area contributed by atoms with E-state index in [0.717, 1.165) is 26.2 Å². The van der Waals surface area contributed by atoms with Gasteiger partial charge in [0.1, 0.15) is 0 Å². The van der Waals surface area contributed by atoms with Crippen molar-refractivity contribution in [3.05, 3.63) is 35.9 Å². The van der Waals surface area contributed by atoms with Gasteiger partial charge in [0.2, 0.25) is 0 Å². The summed E-state index contributed by atoms with van der Waals surface area (Å²) in [6, 6.07) is 10.9. The zero-order valence-electron chi connectivity index (χ0n) is 14.2. The third-order valence-electron chi connectivity index (χ3n) is 3.60. The fraction of sp³-hybridized carbons (Fsp3) is 0.667. The average molecular weight is 276 g/mol. The molecule has 1 aromatic rings. The van der Waals surface area contributed by atoms with Crippen LogP contribution in [-0.4, -0.2) is 38.1 Å². The van der Waals surface area contributed by atoms with Gasteiger partial charge in [0.15, 0.2) is 0 Å². The van der Waals surface area contributed by atoms with E-state index < -0.39 is 0 Å². The Morgan fingerprint density at radius 1 is 1.00 bits per heavy atom. The molecule has 1 aromatic carbocycles. The Kier molecular flexibility index (Phi) is 6.22. The predicted octanol–water partition coefficient (Wildman–Crippen LogP) is 3.53. The Morgan fingerprint density at radius 3 is 2.10 bits per heavy atom.